The fraction of sp³-hybridized carbons (Fsp3) is 0.389. The number of nitriles is 1. The molecule has 24 heavy (non-hydrogen) atoms. The Hall–Kier alpha value is -2.81. The maximum Gasteiger partial charge on any atom is 0.224 e. The smallest absolute Gasteiger partial charge is 0.224 e. The molecule has 1 fully saturated rings. The van der Waals surface area contributed by atoms with Gasteiger partial charge in [-0.15, -0.1) is 0 Å². The van der Waals surface area contributed by atoms with Gasteiger partial charge in [-0.05, 0) is 31.0 Å². The first-order valence-corrected chi connectivity index (χ1v) is 8.18. The lowest BCUT2D eigenvalue weighted by Crippen LogP contribution is -2.42. The molecule has 2 heterocycles. The molecule has 1 atom stereocenters. The van der Waals surface area contributed by atoms with Crippen molar-refractivity contribution in [3.8, 4) is 6.07 Å². The maximum absolute atomic E-state index is 9.32. The number of anilines is 3. The zero-order valence-corrected chi connectivity index (χ0v) is 14.1. The van der Waals surface area contributed by atoms with Gasteiger partial charge in [-0.3, -0.25) is 0 Å². The summed E-state index contributed by atoms with van der Waals surface area (Å²) in [6.07, 6.45) is 3.92. The number of para-hydroxylation sites is 1. The van der Waals surface area contributed by atoms with E-state index in [0.717, 1.165) is 43.0 Å². The van der Waals surface area contributed by atoms with Crippen molar-refractivity contribution in [2.45, 2.75) is 18.9 Å². The normalized spacial score (nSPS) is 17.2. The molecule has 0 radical (unpaired) electrons. The van der Waals surface area contributed by atoms with Crippen LogP contribution in [0.15, 0.2) is 36.5 Å². The summed E-state index contributed by atoms with van der Waals surface area (Å²) in [7, 11) is 3.93. The molecule has 0 aliphatic carbocycles. The Kier molecular flexibility index (Phi) is 4.80. The van der Waals surface area contributed by atoms with Gasteiger partial charge in [0.15, 0.2) is 0 Å². The van der Waals surface area contributed by atoms with Gasteiger partial charge in [0.1, 0.15) is 11.9 Å². The fourth-order valence-corrected chi connectivity index (χ4v) is 3.01. The Morgan fingerprint density at radius 2 is 2.12 bits per heavy atom. The van der Waals surface area contributed by atoms with Crippen LogP contribution in [-0.4, -0.2) is 43.2 Å². The van der Waals surface area contributed by atoms with E-state index in [0.29, 0.717) is 5.95 Å². The topological polar surface area (TPSA) is 68.1 Å². The average Bonchev–Trinajstić information content (AvgIpc) is 2.62. The number of nitrogens with one attached hydrogen (secondary N) is 1. The van der Waals surface area contributed by atoms with Crippen LogP contribution >= 0.6 is 0 Å². The zero-order chi connectivity index (χ0) is 16.9. The lowest BCUT2D eigenvalue weighted by Gasteiger charge is -2.35. The molecule has 1 saturated heterocycles. The molecule has 0 saturated carbocycles. The van der Waals surface area contributed by atoms with Crippen LogP contribution in [-0.2, 0) is 0 Å². The summed E-state index contributed by atoms with van der Waals surface area (Å²) in [6.45, 7) is 1.81. The Labute approximate surface area is 142 Å². The van der Waals surface area contributed by atoms with Crippen molar-refractivity contribution < 1.29 is 0 Å². The van der Waals surface area contributed by atoms with Gasteiger partial charge in [-0.2, -0.15) is 10.2 Å². The van der Waals surface area contributed by atoms with Gasteiger partial charge in [-0.25, -0.2) is 4.98 Å². The van der Waals surface area contributed by atoms with Gasteiger partial charge < -0.3 is 15.1 Å². The molecule has 6 nitrogen and oxygen atoms in total. The van der Waals surface area contributed by atoms with Crippen LogP contribution in [0.4, 0.5) is 17.5 Å². The number of piperidine rings is 1. The van der Waals surface area contributed by atoms with Crippen molar-refractivity contribution in [3.05, 3.63) is 42.1 Å². The molecule has 1 N–H and O–H groups in total. The molecule has 1 aromatic heterocycles. The third-order valence-electron chi connectivity index (χ3n) is 4.22. The summed E-state index contributed by atoms with van der Waals surface area (Å²) in [4.78, 5) is 13.1. The second-order valence-corrected chi connectivity index (χ2v) is 6.19. The van der Waals surface area contributed by atoms with Crippen LogP contribution < -0.4 is 15.1 Å². The first kappa shape index (κ1) is 16.1. The lowest BCUT2D eigenvalue weighted by molar-refractivity contribution is 0.527. The van der Waals surface area contributed by atoms with E-state index in [1.54, 1.807) is 6.20 Å². The van der Waals surface area contributed by atoms with Crippen molar-refractivity contribution in [1.82, 2.24) is 9.97 Å². The molecule has 0 spiro atoms. The molecular formula is C18H22N6. The van der Waals surface area contributed by atoms with Gasteiger partial charge >= 0.3 is 0 Å². The van der Waals surface area contributed by atoms with Crippen LogP contribution in [0.2, 0.25) is 0 Å². The van der Waals surface area contributed by atoms with E-state index in [4.69, 9.17) is 0 Å². The van der Waals surface area contributed by atoms with E-state index in [9.17, 15) is 5.26 Å². The van der Waals surface area contributed by atoms with Crippen LogP contribution in [0.25, 0.3) is 0 Å². The Bertz CT molecular complexity index is 736. The largest absolute Gasteiger partial charge is 0.368 e. The number of rotatable bonds is 4. The number of nitrogens with zero attached hydrogens (tertiary/aromatic N) is 5. The Morgan fingerprint density at radius 3 is 2.92 bits per heavy atom. The molecule has 0 bridgehead atoms. The highest BCUT2D eigenvalue weighted by Crippen LogP contribution is 2.24. The van der Waals surface area contributed by atoms with Gasteiger partial charge in [0.05, 0.1) is 11.3 Å². The average molecular weight is 322 g/mol. The van der Waals surface area contributed by atoms with Gasteiger partial charge in [0, 0.05) is 39.4 Å². The second-order valence-electron chi connectivity index (χ2n) is 6.19. The van der Waals surface area contributed by atoms with E-state index in [2.05, 4.69) is 26.3 Å². The summed E-state index contributed by atoms with van der Waals surface area (Å²) < 4.78 is 0. The third-order valence-corrected chi connectivity index (χ3v) is 4.22. The van der Waals surface area contributed by atoms with Crippen molar-refractivity contribution in [2.75, 3.05) is 42.3 Å². The Morgan fingerprint density at radius 1 is 1.29 bits per heavy atom. The first-order valence-electron chi connectivity index (χ1n) is 8.18. The van der Waals surface area contributed by atoms with Crippen LogP contribution in [0, 0.1) is 11.3 Å². The van der Waals surface area contributed by atoms with Crippen molar-refractivity contribution in [1.29, 1.82) is 5.26 Å². The second kappa shape index (κ2) is 7.18. The minimum absolute atomic E-state index is 0.267. The van der Waals surface area contributed by atoms with Gasteiger partial charge in [-0.1, -0.05) is 12.1 Å². The fourth-order valence-electron chi connectivity index (χ4n) is 3.01. The molecule has 0 amide bonds. The molecule has 2 aromatic rings. The van der Waals surface area contributed by atoms with Crippen molar-refractivity contribution in [2.24, 2.45) is 0 Å². The van der Waals surface area contributed by atoms with Crippen LogP contribution in [0.1, 0.15) is 18.4 Å². The zero-order valence-electron chi connectivity index (χ0n) is 14.1. The van der Waals surface area contributed by atoms with Crippen molar-refractivity contribution in [3.63, 3.8) is 0 Å². The van der Waals surface area contributed by atoms with E-state index < -0.39 is 0 Å². The quantitative estimate of drug-likeness (QED) is 0.933. The van der Waals surface area contributed by atoms with Gasteiger partial charge in [0.2, 0.25) is 5.95 Å². The van der Waals surface area contributed by atoms with Crippen molar-refractivity contribution >= 4 is 17.5 Å². The number of hydrogen-bond donors (Lipinski definition) is 1. The summed E-state index contributed by atoms with van der Waals surface area (Å²) in [6, 6.07) is 12.2. The number of aromatic nitrogens is 2. The summed E-state index contributed by atoms with van der Waals surface area (Å²) >= 11 is 0. The molecular weight excluding hydrogens is 300 g/mol. The third kappa shape index (κ3) is 3.57. The van der Waals surface area contributed by atoms with E-state index in [1.807, 2.05) is 49.3 Å². The predicted molar refractivity (Wildman–Crippen MR) is 96.4 cm³/mol. The number of benzene rings is 1. The highest BCUT2D eigenvalue weighted by atomic mass is 15.2. The monoisotopic (exact) mass is 322 g/mol. The molecule has 3 rings (SSSR count). The molecule has 1 unspecified atom stereocenters. The molecule has 6 heteroatoms. The molecule has 124 valence electrons. The van der Waals surface area contributed by atoms with E-state index in [-0.39, 0.29) is 6.04 Å². The molecule has 1 aromatic carbocycles. The lowest BCUT2D eigenvalue weighted by atomic mass is 10.0. The summed E-state index contributed by atoms with van der Waals surface area (Å²) in [5.41, 5.74) is 1.73. The highest BCUT2D eigenvalue weighted by molar-refractivity contribution is 5.59. The standard InChI is InChI=1S/C18H22N6/c1-23(2)17-9-10-20-18(22-17)21-15-7-5-11-24(13-15)16-8-4-3-6-14(16)12-19/h3-4,6,8-10,15H,5,7,11,13H2,1-2H3,(H,20,21,22). The first-order chi connectivity index (χ1) is 11.7. The van der Waals surface area contributed by atoms with Gasteiger partial charge in [0.25, 0.3) is 0 Å². The van der Waals surface area contributed by atoms with E-state index in [1.165, 1.54) is 0 Å². The Balaban J connectivity index is 1.72. The summed E-state index contributed by atoms with van der Waals surface area (Å²) in [5.74, 6) is 1.54. The van der Waals surface area contributed by atoms with E-state index >= 15 is 0 Å². The number of hydrogen-bond acceptors (Lipinski definition) is 6. The minimum atomic E-state index is 0.267. The minimum Gasteiger partial charge on any atom is -0.368 e. The maximum atomic E-state index is 9.32. The molecule has 1 aliphatic heterocycles. The molecule has 1 aliphatic rings. The van der Waals surface area contributed by atoms with Crippen LogP contribution in [0.5, 0.6) is 0 Å². The SMILES string of the molecule is CN(C)c1ccnc(NC2CCCN(c3ccccc3C#N)C2)n1. The predicted octanol–water partition coefficient (Wildman–Crippen LogP) is 2.50. The van der Waals surface area contributed by atoms with Crippen LogP contribution in [0.3, 0.4) is 0 Å². The summed E-state index contributed by atoms with van der Waals surface area (Å²) in [5, 5.41) is 12.8. The highest BCUT2D eigenvalue weighted by Gasteiger charge is 2.22.